The monoisotopic (exact) mass is 364 g/mol. The Morgan fingerprint density at radius 3 is 2.93 bits per heavy atom. The molecule has 5 heteroatoms. The molecule has 5 nitrogen and oxygen atoms in total. The van der Waals surface area contributed by atoms with E-state index in [9.17, 15) is 0 Å². The van der Waals surface area contributed by atoms with Crippen LogP contribution in [0.25, 0.3) is 11.5 Å². The predicted octanol–water partition coefficient (Wildman–Crippen LogP) is 3.63. The number of aryl methyl sites for hydroxylation is 1. The summed E-state index contributed by atoms with van der Waals surface area (Å²) in [5.41, 5.74) is 3.56. The molecule has 0 saturated carbocycles. The zero-order valence-corrected chi connectivity index (χ0v) is 15.9. The molecule has 0 bridgehead atoms. The zero-order valence-electron chi connectivity index (χ0n) is 15.9. The first kappa shape index (κ1) is 18.0. The molecule has 1 unspecified atom stereocenters. The van der Waals surface area contributed by atoms with Crippen LogP contribution in [0.4, 0.5) is 0 Å². The number of hydrogen-bond donors (Lipinski definition) is 2. The molecular weight excluding hydrogens is 336 g/mol. The largest absolute Gasteiger partial charge is 0.460 e. The molecule has 4 rings (SSSR count). The van der Waals surface area contributed by atoms with Gasteiger partial charge in [0.25, 0.3) is 0 Å². The Morgan fingerprint density at radius 2 is 2.11 bits per heavy atom. The van der Waals surface area contributed by atoms with E-state index in [1.165, 1.54) is 25.1 Å². The van der Waals surface area contributed by atoms with Crippen LogP contribution in [0.5, 0.6) is 0 Å². The van der Waals surface area contributed by atoms with Crippen molar-refractivity contribution in [1.82, 2.24) is 20.4 Å². The van der Waals surface area contributed by atoms with Gasteiger partial charge in [-0.1, -0.05) is 30.3 Å². The van der Waals surface area contributed by atoms with Crippen molar-refractivity contribution in [3.8, 4) is 11.5 Å². The second-order valence-corrected chi connectivity index (χ2v) is 7.50. The molecular formula is C22H28N4O. The summed E-state index contributed by atoms with van der Waals surface area (Å²) in [7, 11) is 0. The molecule has 3 heterocycles. The highest BCUT2D eigenvalue weighted by Crippen LogP contribution is 2.23. The smallest absolute Gasteiger partial charge is 0.152 e. The summed E-state index contributed by atoms with van der Waals surface area (Å²) in [6.45, 7) is 7.37. The van der Waals surface area contributed by atoms with Crippen LogP contribution < -0.4 is 5.32 Å². The number of rotatable bonds is 8. The van der Waals surface area contributed by atoms with Gasteiger partial charge in [-0.05, 0) is 56.5 Å². The van der Waals surface area contributed by atoms with E-state index in [1.54, 1.807) is 0 Å². The van der Waals surface area contributed by atoms with Gasteiger partial charge in [0, 0.05) is 25.2 Å². The van der Waals surface area contributed by atoms with E-state index in [1.807, 2.05) is 25.3 Å². The number of H-pyrrole nitrogens is 1. The topological polar surface area (TPSA) is 57.1 Å². The van der Waals surface area contributed by atoms with Gasteiger partial charge in [0.15, 0.2) is 5.76 Å². The standard InChI is InChI=1S/C22H28N4O/c1-17-7-8-21(27-17)22-20(15-24-25-22)14-23-13-19-10-12-26(16-19)11-9-18-5-3-2-4-6-18/h2-8,15,19,23H,9-14,16H2,1H3,(H,24,25). The van der Waals surface area contributed by atoms with Crippen LogP contribution in [0.2, 0.25) is 0 Å². The van der Waals surface area contributed by atoms with Crippen LogP contribution in [0, 0.1) is 12.8 Å². The Bertz CT molecular complexity index is 839. The van der Waals surface area contributed by atoms with E-state index >= 15 is 0 Å². The van der Waals surface area contributed by atoms with E-state index < -0.39 is 0 Å². The van der Waals surface area contributed by atoms with Gasteiger partial charge in [-0.2, -0.15) is 5.10 Å². The molecule has 0 radical (unpaired) electrons. The maximum atomic E-state index is 5.72. The summed E-state index contributed by atoms with van der Waals surface area (Å²) in [6, 6.07) is 14.8. The van der Waals surface area contributed by atoms with Crippen molar-refractivity contribution in [2.75, 3.05) is 26.2 Å². The number of furan rings is 1. The van der Waals surface area contributed by atoms with Crippen molar-refractivity contribution < 1.29 is 4.42 Å². The number of hydrogen-bond acceptors (Lipinski definition) is 4. The highest BCUT2D eigenvalue weighted by Gasteiger charge is 2.22. The van der Waals surface area contributed by atoms with E-state index in [-0.39, 0.29) is 0 Å². The van der Waals surface area contributed by atoms with Gasteiger partial charge in [0.2, 0.25) is 0 Å². The van der Waals surface area contributed by atoms with Crippen molar-refractivity contribution in [2.24, 2.45) is 5.92 Å². The quantitative estimate of drug-likeness (QED) is 0.641. The lowest BCUT2D eigenvalue weighted by atomic mass is 10.1. The first-order valence-electron chi connectivity index (χ1n) is 9.84. The summed E-state index contributed by atoms with van der Waals surface area (Å²) < 4.78 is 5.72. The minimum Gasteiger partial charge on any atom is -0.460 e. The van der Waals surface area contributed by atoms with Gasteiger partial charge in [0.05, 0.1) is 6.20 Å². The molecule has 2 aromatic heterocycles. The minimum atomic E-state index is 0.724. The SMILES string of the molecule is Cc1ccc(-c2[nH]ncc2CNCC2CCN(CCc3ccccc3)C2)o1. The first-order chi connectivity index (χ1) is 13.3. The number of nitrogens with zero attached hydrogens (tertiary/aromatic N) is 2. The van der Waals surface area contributed by atoms with Crippen LogP contribution in [-0.2, 0) is 13.0 Å². The van der Waals surface area contributed by atoms with Crippen LogP contribution in [0.3, 0.4) is 0 Å². The van der Waals surface area contributed by atoms with Gasteiger partial charge in [-0.15, -0.1) is 0 Å². The average molecular weight is 364 g/mol. The average Bonchev–Trinajstić information content (AvgIpc) is 3.42. The summed E-state index contributed by atoms with van der Waals surface area (Å²) in [5.74, 6) is 2.50. The molecule has 2 N–H and O–H groups in total. The normalized spacial score (nSPS) is 17.6. The summed E-state index contributed by atoms with van der Waals surface area (Å²) in [6.07, 6.45) is 4.31. The highest BCUT2D eigenvalue weighted by molar-refractivity contribution is 5.56. The molecule has 1 saturated heterocycles. The van der Waals surface area contributed by atoms with Gasteiger partial charge >= 0.3 is 0 Å². The second kappa shape index (κ2) is 8.55. The second-order valence-electron chi connectivity index (χ2n) is 7.50. The number of aromatic amines is 1. The van der Waals surface area contributed by atoms with Crippen LogP contribution in [0.1, 0.15) is 23.3 Å². The molecule has 0 spiro atoms. The molecule has 1 atom stereocenters. The van der Waals surface area contributed by atoms with Crippen LogP contribution in [0.15, 0.2) is 53.1 Å². The summed E-state index contributed by atoms with van der Waals surface area (Å²) in [4.78, 5) is 2.59. The molecule has 142 valence electrons. The number of likely N-dealkylation sites (tertiary alicyclic amines) is 1. The van der Waals surface area contributed by atoms with Gasteiger partial charge in [0.1, 0.15) is 11.5 Å². The highest BCUT2D eigenvalue weighted by atomic mass is 16.3. The molecule has 1 aliphatic rings. The molecule has 1 fully saturated rings. The lowest BCUT2D eigenvalue weighted by molar-refractivity contribution is 0.325. The van der Waals surface area contributed by atoms with Crippen molar-refractivity contribution in [3.05, 3.63) is 65.5 Å². The predicted molar refractivity (Wildman–Crippen MR) is 107 cm³/mol. The Labute approximate surface area is 160 Å². The fourth-order valence-electron chi connectivity index (χ4n) is 3.85. The van der Waals surface area contributed by atoms with Gasteiger partial charge in [-0.3, -0.25) is 5.10 Å². The maximum absolute atomic E-state index is 5.72. The van der Waals surface area contributed by atoms with Gasteiger partial charge in [-0.25, -0.2) is 0 Å². The third kappa shape index (κ3) is 4.67. The van der Waals surface area contributed by atoms with E-state index in [2.05, 4.69) is 50.7 Å². The van der Waals surface area contributed by atoms with E-state index in [0.717, 1.165) is 54.8 Å². The molecule has 1 aromatic carbocycles. The summed E-state index contributed by atoms with van der Waals surface area (Å²) in [5, 5.41) is 10.9. The zero-order chi connectivity index (χ0) is 18.5. The van der Waals surface area contributed by atoms with Crippen molar-refractivity contribution in [3.63, 3.8) is 0 Å². The molecule has 1 aliphatic heterocycles. The molecule has 27 heavy (non-hydrogen) atoms. The minimum absolute atomic E-state index is 0.724. The Hall–Kier alpha value is -2.37. The number of nitrogens with one attached hydrogen (secondary N) is 2. The lowest BCUT2D eigenvalue weighted by Crippen LogP contribution is -2.27. The third-order valence-electron chi connectivity index (χ3n) is 5.38. The molecule has 0 amide bonds. The summed E-state index contributed by atoms with van der Waals surface area (Å²) >= 11 is 0. The fraction of sp³-hybridized carbons (Fsp3) is 0.409. The Balaban J connectivity index is 1.21. The molecule has 0 aliphatic carbocycles. The Kier molecular flexibility index (Phi) is 5.70. The number of aromatic nitrogens is 2. The van der Waals surface area contributed by atoms with Crippen molar-refractivity contribution in [1.29, 1.82) is 0 Å². The Morgan fingerprint density at radius 1 is 1.22 bits per heavy atom. The molecule has 3 aromatic rings. The van der Waals surface area contributed by atoms with Crippen molar-refractivity contribution in [2.45, 2.75) is 26.3 Å². The lowest BCUT2D eigenvalue weighted by Gasteiger charge is -2.16. The van der Waals surface area contributed by atoms with Crippen LogP contribution in [-0.4, -0.2) is 41.3 Å². The fourth-order valence-corrected chi connectivity index (χ4v) is 3.85. The van der Waals surface area contributed by atoms with Crippen molar-refractivity contribution >= 4 is 0 Å². The van der Waals surface area contributed by atoms with Gasteiger partial charge < -0.3 is 14.6 Å². The maximum Gasteiger partial charge on any atom is 0.152 e. The van der Waals surface area contributed by atoms with E-state index in [0.29, 0.717) is 0 Å². The van der Waals surface area contributed by atoms with E-state index in [4.69, 9.17) is 4.42 Å². The first-order valence-corrected chi connectivity index (χ1v) is 9.84. The van der Waals surface area contributed by atoms with Crippen LogP contribution >= 0.6 is 0 Å². The number of benzene rings is 1. The third-order valence-corrected chi connectivity index (χ3v) is 5.38.